The van der Waals surface area contributed by atoms with Gasteiger partial charge in [0.2, 0.25) is 6.79 Å². The van der Waals surface area contributed by atoms with Gasteiger partial charge in [-0.1, -0.05) is 12.2 Å². The van der Waals surface area contributed by atoms with E-state index >= 15 is 0 Å². The second-order valence-electron chi connectivity index (χ2n) is 7.51. The highest BCUT2D eigenvalue weighted by Gasteiger charge is 2.57. The second-order valence-corrected chi connectivity index (χ2v) is 7.51. The Morgan fingerprint density at radius 1 is 1.33 bits per heavy atom. The van der Waals surface area contributed by atoms with Crippen molar-refractivity contribution in [3.8, 4) is 11.5 Å². The van der Waals surface area contributed by atoms with Crippen molar-refractivity contribution in [2.24, 2.45) is 0 Å². The summed E-state index contributed by atoms with van der Waals surface area (Å²) in [6.45, 7) is 3.16. The number of ether oxygens (including phenoxy) is 5. The quantitative estimate of drug-likeness (QED) is 0.590. The highest BCUT2D eigenvalue weighted by molar-refractivity contribution is 5.66. The second kappa shape index (κ2) is 6.22. The molecule has 0 amide bonds. The van der Waals surface area contributed by atoms with Gasteiger partial charge in [0.1, 0.15) is 19.4 Å². The first-order valence-electron chi connectivity index (χ1n) is 9.26. The first-order chi connectivity index (χ1) is 13.1. The largest absolute Gasteiger partial charge is 0.463 e. The lowest BCUT2D eigenvalue weighted by Crippen LogP contribution is -2.67. The average Bonchev–Trinajstić information content (AvgIpc) is 3.12. The predicted molar refractivity (Wildman–Crippen MR) is 94.5 cm³/mol. The van der Waals surface area contributed by atoms with Crippen LogP contribution in [0.2, 0.25) is 0 Å². The molecule has 27 heavy (non-hydrogen) atoms. The lowest BCUT2D eigenvalue weighted by molar-refractivity contribution is -0.180. The van der Waals surface area contributed by atoms with Crippen LogP contribution in [0.1, 0.15) is 24.5 Å². The maximum Gasteiger partial charge on any atom is 0.302 e. The summed E-state index contributed by atoms with van der Waals surface area (Å²) < 4.78 is 28.4. The van der Waals surface area contributed by atoms with Crippen LogP contribution in [-0.4, -0.2) is 56.4 Å². The van der Waals surface area contributed by atoms with E-state index in [1.807, 2.05) is 0 Å². The lowest BCUT2D eigenvalue weighted by atomic mass is 9.61. The molecule has 7 heteroatoms. The Hall–Kier alpha value is -2.09. The fourth-order valence-electron chi connectivity index (χ4n) is 4.95. The molecule has 5 atom stereocenters. The molecular weight excluding hydrogens is 350 g/mol. The maximum atomic E-state index is 11.5. The number of carbonyl (C=O) groups is 1. The van der Waals surface area contributed by atoms with E-state index in [1.165, 1.54) is 12.5 Å². The maximum absolute atomic E-state index is 11.5. The van der Waals surface area contributed by atoms with Crippen molar-refractivity contribution in [1.82, 2.24) is 4.90 Å². The molecule has 1 unspecified atom stereocenters. The van der Waals surface area contributed by atoms with Gasteiger partial charge in [-0.15, -0.1) is 0 Å². The molecule has 0 saturated carbocycles. The average molecular weight is 373 g/mol. The van der Waals surface area contributed by atoms with Crippen LogP contribution in [0.3, 0.4) is 0 Å². The molecule has 2 bridgehead atoms. The Morgan fingerprint density at radius 2 is 2.15 bits per heavy atom. The van der Waals surface area contributed by atoms with Crippen molar-refractivity contribution in [1.29, 1.82) is 0 Å². The molecule has 3 heterocycles. The van der Waals surface area contributed by atoms with E-state index in [9.17, 15) is 4.79 Å². The third-order valence-electron chi connectivity index (χ3n) is 6.19. The van der Waals surface area contributed by atoms with E-state index in [2.05, 4.69) is 29.2 Å². The SMILES string of the molecule is CO[C@@H]1C=C[C@@]23c4cc5c(cc4CN(CO[C@H]2COC(C)=O)[C@@H]3C1)OCO5. The molecule has 3 aliphatic heterocycles. The summed E-state index contributed by atoms with van der Waals surface area (Å²) in [4.78, 5) is 13.8. The van der Waals surface area contributed by atoms with E-state index in [0.717, 1.165) is 30.0 Å². The molecule has 1 aromatic rings. The first-order valence-corrected chi connectivity index (χ1v) is 9.26. The molecule has 0 radical (unpaired) electrons. The van der Waals surface area contributed by atoms with E-state index in [0.29, 0.717) is 6.73 Å². The summed E-state index contributed by atoms with van der Waals surface area (Å²) >= 11 is 0. The van der Waals surface area contributed by atoms with Gasteiger partial charge in [-0.25, -0.2) is 0 Å². The zero-order valence-corrected chi connectivity index (χ0v) is 15.5. The standard InChI is InChI=1S/C20H23NO6/c1-12(22)24-9-19-20-4-3-14(23-2)6-18(20)21(10-25-19)8-13-5-16-17(7-15(13)20)27-11-26-16/h3-5,7,14,18-19H,6,8-11H2,1-2H3/t14-,18-,19+,20+/m1/s1. The summed E-state index contributed by atoms with van der Waals surface area (Å²) in [5, 5.41) is 0. The van der Waals surface area contributed by atoms with E-state index in [-0.39, 0.29) is 37.6 Å². The molecule has 4 aliphatic rings. The number of methoxy groups -OCH3 is 1. The van der Waals surface area contributed by atoms with E-state index in [4.69, 9.17) is 23.7 Å². The third-order valence-corrected chi connectivity index (χ3v) is 6.19. The van der Waals surface area contributed by atoms with Crippen LogP contribution in [-0.2, 0) is 31.0 Å². The fourth-order valence-corrected chi connectivity index (χ4v) is 4.95. The van der Waals surface area contributed by atoms with Crippen molar-refractivity contribution in [3.63, 3.8) is 0 Å². The van der Waals surface area contributed by atoms with Crippen LogP contribution in [0.5, 0.6) is 11.5 Å². The summed E-state index contributed by atoms with van der Waals surface area (Å²) in [6, 6.07) is 4.36. The Labute approximate surface area is 157 Å². The summed E-state index contributed by atoms with van der Waals surface area (Å²) in [7, 11) is 1.74. The summed E-state index contributed by atoms with van der Waals surface area (Å²) in [5.74, 6) is 1.24. The third kappa shape index (κ3) is 2.49. The lowest BCUT2D eigenvalue weighted by Gasteiger charge is -2.58. The molecule has 7 nitrogen and oxygen atoms in total. The number of hydrogen-bond donors (Lipinski definition) is 0. The zero-order chi connectivity index (χ0) is 18.6. The van der Waals surface area contributed by atoms with Gasteiger partial charge in [0.05, 0.1) is 11.5 Å². The summed E-state index contributed by atoms with van der Waals surface area (Å²) in [5.41, 5.74) is 1.94. The number of esters is 1. The van der Waals surface area contributed by atoms with Gasteiger partial charge in [-0.2, -0.15) is 0 Å². The van der Waals surface area contributed by atoms with Crippen molar-refractivity contribution >= 4 is 5.97 Å². The number of nitrogens with zero attached hydrogens (tertiary/aromatic N) is 1. The van der Waals surface area contributed by atoms with Crippen LogP contribution >= 0.6 is 0 Å². The predicted octanol–water partition coefficient (Wildman–Crippen LogP) is 1.73. The van der Waals surface area contributed by atoms with Crippen LogP contribution < -0.4 is 9.47 Å². The van der Waals surface area contributed by atoms with Crippen LogP contribution in [0.4, 0.5) is 0 Å². The number of carbonyl (C=O) groups excluding carboxylic acids is 1. The van der Waals surface area contributed by atoms with Gasteiger partial charge < -0.3 is 23.7 Å². The highest BCUT2D eigenvalue weighted by Crippen LogP contribution is 2.52. The van der Waals surface area contributed by atoms with Crippen LogP contribution in [0, 0.1) is 0 Å². The Kier molecular flexibility index (Phi) is 3.93. The monoisotopic (exact) mass is 373 g/mol. The number of fused-ring (bicyclic) bond motifs is 2. The zero-order valence-electron chi connectivity index (χ0n) is 15.5. The highest BCUT2D eigenvalue weighted by atomic mass is 16.7. The van der Waals surface area contributed by atoms with Gasteiger partial charge in [-0.3, -0.25) is 9.69 Å². The number of rotatable bonds is 3. The minimum atomic E-state index is -0.419. The van der Waals surface area contributed by atoms with Gasteiger partial charge in [0.15, 0.2) is 11.5 Å². The van der Waals surface area contributed by atoms with Crippen molar-refractivity contribution in [2.45, 2.75) is 43.6 Å². The molecule has 1 aliphatic carbocycles. The van der Waals surface area contributed by atoms with Gasteiger partial charge >= 0.3 is 5.97 Å². The van der Waals surface area contributed by atoms with E-state index < -0.39 is 5.41 Å². The van der Waals surface area contributed by atoms with Gasteiger partial charge in [0.25, 0.3) is 0 Å². The Bertz CT molecular complexity index is 808. The van der Waals surface area contributed by atoms with Crippen LogP contribution in [0.25, 0.3) is 0 Å². The Morgan fingerprint density at radius 3 is 2.93 bits per heavy atom. The normalized spacial score (nSPS) is 35.3. The molecule has 5 rings (SSSR count). The smallest absolute Gasteiger partial charge is 0.302 e. The van der Waals surface area contributed by atoms with E-state index in [1.54, 1.807) is 7.11 Å². The first kappa shape index (κ1) is 17.0. The van der Waals surface area contributed by atoms with Crippen molar-refractivity contribution < 1.29 is 28.5 Å². The minimum absolute atomic E-state index is 0.0636. The molecule has 1 aromatic carbocycles. The van der Waals surface area contributed by atoms with Gasteiger partial charge in [0, 0.05) is 26.6 Å². The Balaban J connectivity index is 1.66. The fraction of sp³-hybridized carbons (Fsp3) is 0.550. The minimum Gasteiger partial charge on any atom is -0.463 e. The number of hydrogen-bond acceptors (Lipinski definition) is 7. The van der Waals surface area contributed by atoms with Crippen LogP contribution in [0.15, 0.2) is 24.3 Å². The molecule has 0 N–H and O–H groups in total. The van der Waals surface area contributed by atoms with Crippen molar-refractivity contribution in [3.05, 3.63) is 35.4 Å². The summed E-state index contributed by atoms with van der Waals surface area (Å²) in [6.07, 6.45) is 4.95. The molecule has 0 spiro atoms. The van der Waals surface area contributed by atoms with Crippen molar-refractivity contribution in [2.75, 3.05) is 27.2 Å². The molecular formula is C20H23NO6. The molecule has 144 valence electrons. The molecule has 1 fully saturated rings. The molecule has 0 aromatic heterocycles. The van der Waals surface area contributed by atoms with Gasteiger partial charge in [-0.05, 0) is 29.7 Å². The topological polar surface area (TPSA) is 66.5 Å². The molecule has 1 saturated heterocycles. The number of benzene rings is 1.